The maximum atomic E-state index is 15.0. The van der Waals surface area contributed by atoms with Crippen molar-refractivity contribution in [2.45, 2.75) is 29.5 Å². The molecule has 0 aromatic heterocycles. The minimum Gasteiger partial charge on any atom is -0.508 e. The zero-order chi connectivity index (χ0) is 35.6. The van der Waals surface area contributed by atoms with Crippen molar-refractivity contribution in [2.75, 3.05) is 0 Å². The fourth-order valence-electron chi connectivity index (χ4n) is 8.86. The second-order valence-electron chi connectivity index (χ2n) is 13.7. The minimum atomic E-state index is -1.77. The second-order valence-corrected chi connectivity index (χ2v) is 13.7. The Hall–Kier alpha value is -6.81. The van der Waals surface area contributed by atoms with E-state index >= 15 is 0 Å². The molecule has 52 heavy (non-hydrogen) atoms. The van der Waals surface area contributed by atoms with Crippen LogP contribution in [0.25, 0.3) is 0 Å². The second kappa shape index (κ2) is 10.4. The summed E-state index contributed by atoms with van der Waals surface area (Å²) in [7, 11) is 0. The van der Waals surface area contributed by atoms with Gasteiger partial charge >= 0.3 is 5.97 Å². The first-order valence-corrected chi connectivity index (χ1v) is 16.7. The molecule has 10 nitrogen and oxygen atoms in total. The Kier molecular flexibility index (Phi) is 5.99. The van der Waals surface area contributed by atoms with Crippen LogP contribution in [0, 0.1) is 0 Å². The maximum absolute atomic E-state index is 15.0. The molecule has 1 aliphatic carbocycles. The number of rotatable bonds is 3. The number of carbonyl (C=O) groups excluding carboxylic acids is 1. The highest BCUT2D eigenvalue weighted by atomic mass is 16.5. The van der Waals surface area contributed by atoms with Crippen LogP contribution < -0.4 is 14.2 Å². The van der Waals surface area contributed by atoms with E-state index < -0.39 is 35.4 Å². The van der Waals surface area contributed by atoms with E-state index in [2.05, 4.69) is 0 Å². The van der Waals surface area contributed by atoms with Gasteiger partial charge in [-0.05, 0) is 88.0 Å². The first-order chi connectivity index (χ1) is 25.1. The largest absolute Gasteiger partial charge is 0.508 e. The van der Waals surface area contributed by atoms with Crippen LogP contribution in [-0.2, 0) is 10.2 Å². The molecule has 0 unspecified atom stereocenters. The Morgan fingerprint density at radius 1 is 0.481 bits per heavy atom. The van der Waals surface area contributed by atoms with Crippen LogP contribution in [0.3, 0.4) is 0 Å². The summed E-state index contributed by atoms with van der Waals surface area (Å²) in [6.45, 7) is 0. The van der Waals surface area contributed by atoms with Gasteiger partial charge in [0.2, 0.25) is 0 Å². The molecule has 4 aliphatic rings. The number of ether oxygens (including phenoxy) is 3. The van der Waals surface area contributed by atoms with Crippen molar-refractivity contribution in [3.63, 3.8) is 0 Å². The summed E-state index contributed by atoms with van der Waals surface area (Å²) in [5, 5.41) is 64.8. The average molecular weight is 693 g/mol. The van der Waals surface area contributed by atoms with E-state index in [9.17, 15) is 35.4 Å². The van der Waals surface area contributed by atoms with Gasteiger partial charge in [0.05, 0.1) is 11.8 Å². The molecule has 5 atom stereocenters. The van der Waals surface area contributed by atoms with Crippen molar-refractivity contribution in [1.29, 1.82) is 0 Å². The van der Waals surface area contributed by atoms with E-state index in [1.807, 2.05) is 0 Å². The molecule has 0 spiro atoms. The van der Waals surface area contributed by atoms with E-state index in [1.165, 1.54) is 36.4 Å². The number of hydrogen-bond donors (Lipinski definition) is 6. The normalized spacial score (nSPS) is 22.9. The van der Waals surface area contributed by atoms with E-state index in [-0.39, 0.29) is 40.2 Å². The monoisotopic (exact) mass is 692 g/mol. The topological polar surface area (TPSA) is 166 Å². The van der Waals surface area contributed by atoms with Gasteiger partial charge in [-0.1, -0.05) is 36.4 Å². The standard InChI is InChI=1S/C42H28O10/c43-22-7-1-19(2-8-22)39-35-28-13-25(46)16-31-34(28)36(40(50-31)20-3-9-23(44)10-4-20)29-14-26(47)18-33-38(29)42(41(49)52-33,21-5-11-24(45)12-6-21)30-15-27(48)17-32(51-39)37(30)35/h1-18,35-36,39-40,43-48H/t35-,36+,39+,40-,42-/m1/s1. The lowest BCUT2D eigenvalue weighted by atomic mass is 9.65. The number of benzene rings is 6. The first kappa shape index (κ1) is 30.1. The molecule has 3 heterocycles. The van der Waals surface area contributed by atoms with Crippen LogP contribution in [0.5, 0.6) is 51.7 Å². The summed E-state index contributed by atoms with van der Waals surface area (Å²) in [4.78, 5) is 15.0. The number of carbonyl (C=O) groups is 1. The van der Waals surface area contributed by atoms with Gasteiger partial charge in [-0.15, -0.1) is 0 Å². The van der Waals surface area contributed by atoms with E-state index in [0.29, 0.717) is 61.6 Å². The molecule has 0 fully saturated rings. The number of fused-ring (bicyclic) bond motifs is 3. The molecule has 0 radical (unpaired) electrons. The summed E-state index contributed by atoms with van der Waals surface area (Å²) in [6.07, 6.45) is -1.56. The smallest absolute Gasteiger partial charge is 0.331 e. The Bertz CT molecular complexity index is 2450. The summed E-state index contributed by atoms with van der Waals surface area (Å²) in [5.41, 5.74) is 3.11. The molecular weight excluding hydrogens is 664 g/mol. The summed E-state index contributed by atoms with van der Waals surface area (Å²) >= 11 is 0. The predicted molar refractivity (Wildman–Crippen MR) is 185 cm³/mol. The third kappa shape index (κ3) is 3.97. The number of phenols is 6. The van der Waals surface area contributed by atoms with Gasteiger partial charge in [0.15, 0.2) is 0 Å². The van der Waals surface area contributed by atoms with Crippen molar-refractivity contribution in [2.24, 2.45) is 0 Å². The highest BCUT2D eigenvalue weighted by molar-refractivity contribution is 6.00. The molecule has 6 aromatic rings. The third-order valence-electron chi connectivity index (χ3n) is 10.8. The van der Waals surface area contributed by atoms with Gasteiger partial charge in [0.1, 0.15) is 69.4 Å². The van der Waals surface area contributed by atoms with E-state index in [4.69, 9.17) is 14.2 Å². The number of hydrogen-bond acceptors (Lipinski definition) is 10. The van der Waals surface area contributed by atoms with Crippen LogP contribution in [-0.4, -0.2) is 36.6 Å². The van der Waals surface area contributed by atoms with E-state index in [1.54, 1.807) is 72.8 Å². The molecule has 0 saturated carbocycles. The number of phenolic OH excluding ortho intramolecular Hbond substituents is 6. The average Bonchev–Trinajstić information content (AvgIpc) is 3.78. The molecule has 3 aliphatic heterocycles. The van der Waals surface area contributed by atoms with Crippen molar-refractivity contribution < 1.29 is 49.6 Å². The Morgan fingerprint density at radius 2 is 0.942 bits per heavy atom. The van der Waals surface area contributed by atoms with Crippen molar-refractivity contribution in [3.05, 3.63) is 159 Å². The zero-order valence-electron chi connectivity index (χ0n) is 27.0. The molecule has 0 saturated heterocycles. The van der Waals surface area contributed by atoms with Crippen molar-refractivity contribution >= 4 is 5.97 Å². The van der Waals surface area contributed by atoms with Gasteiger partial charge < -0.3 is 44.8 Å². The lowest BCUT2D eigenvalue weighted by Crippen LogP contribution is -2.38. The quantitative estimate of drug-likeness (QED) is 0.0839. The van der Waals surface area contributed by atoms with Crippen LogP contribution in [0.2, 0.25) is 0 Å². The van der Waals surface area contributed by atoms with Crippen molar-refractivity contribution in [1.82, 2.24) is 0 Å². The fourth-order valence-corrected chi connectivity index (χ4v) is 8.86. The van der Waals surface area contributed by atoms with Crippen LogP contribution in [0.4, 0.5) is 0 Å². The first-order valence-electron chi connectivity index (χ1n) is 16.7. The molecular formula is C42H28O10. The summed E-state index contributed by atoms with van der Waals surface area (Å²) in [6, 6.07) is 28.5. The Balaban J connectivity index is 1.40. The zero-order valence-corrected chi connectivity index (χ0v) is 27.0. The Morgan fingerprint density at radius 3 is 1.52 bits per heavy atom. The highest BCUT2D eigenvalue weighted by Crippen LogP contribution is 2.66. The van der Waals surface area contributed by atoms with Gasteiger partial charge in [-0.2, -0.15) is 0 Å². The molecule has 0 amide bonds. The SMILES string of the molecule is O=C1Oc2cc(O)cc3c2[C@@]1(c1ccc(O)cc1)c1cc(O)cc2c1[C@@H](c1cc(O)cc4c1[C@H]3[C@@H](c1ccc(O)cc1)O4)[C@H](c1ccc(O)cc1)O2. The van der Waals surface area contributed by atoms with Gasteiger partial charge in [-0.3, -0.25) is 0 Å². The Labute approximate surface area is 295 Å². The van der Waals surface area contributed by atoms with Crippen molar-refractivity contribution in [3.8, 4) is 51.7 Å². The predicted octanol–water partition coefficient (Wildman–Crippen LogP) is 7.02. The lowest BCUT2D eigenvalue weighted by molar-refractivity contribution is -0.135. The third-order valence-corrected chi connectivity index (χ3v) is 10.8. The van der Waals surface area contributed by atoms with Crippen LogP contribution in [0.1, 0.15) is 74.1 Å². The minimum absolute atomic E-state index is 0.0282. The fraction of sp³-hybridized carbons (Fsp3) is 0.119. The van der Waals surface area contributed by atoms with Gasteiger partial charge in [0.25, 0.3) is 0 Å². The maximum Gasteiger partial charge on any atom is 0.331 e. The molecule has 6 aromatic carbocycles. The van der Waals surface area contributed by atoms with E-state index in [0.717, 1.165) is 0 Å². The molecule has 256 valence electrons. The van der Waals surface area contributed by atoms with Crippen LogP contribution in [0.15, 0.2) is 109 Å². The number of esters is 1. The van der Waals surface area contributed by atoms with Gasteiger partial charge in [0, 0.05) is 34.9 Å². The molecule has 0 bridgehead atoms. The highest BCUT2D eigenvalue weighted by Gasteiger charge is 2.60. The molecule has 10 rings (SSSR count). The summed E-state index contributed by atoms with van der Waals surface area (Å²) in [5.74, 6) is -1.72. The summed E-state index contributed by atoms with van der Waals surface area (Å²) < 4.78 is 19.6. The molecule has 10 heteroatoms. The van der Waals surface area contributed by atoms with Crippen LogP contribution >= 0.6 is 0 Å². The molecule has 6 N–H and O–H groups in total. The lowest BCUT2D eigenvalue weighted by Gasteiger charge is -2.32. The van der Waals surface area contributed by atoms with Gasteiger partial charge in [-0.25, -0.2) is 4.79 Å². The number of aromatic hydroxyl groups is 6.